The van der Waals surface area contributed by atoms with Gasteiger partial charge in [-0.1, -0.05) is 49.4 Å². The molecule has 1 aliphatic rings. The van der Waals surface area contributed by atoms with Gasteiger partial charge in [-0.15, -0.1) is 0 Å². The first kappa shape index (κ1) is 12.0. The van der Waals surface area contributed by atoms with Gasteiger partial charge >= 0.3 is 0 Å². The minimum atomic E-state index is 0.699. The Labute approximate surface area is 120 Å². The summed E-state index contributed by atoms with van der Waals surface area (Å²) in [5.41, 5.74) is 4.55. The van der Waals surface area contributed by atoms with Gasteiger partial charge in [0.15, 0.2) is 0 Å². The fraction of sp³-hybridized carbons (Fsp3) is 0.300. The molecule has 0 heteroatoms. The third kappa shape index (κ3) is 1.61. The van der Waals surface area contributed by atoms with Crippen LogP contribution in [-0.2, 0) is 6.42 Å². The monoisotopic (exact) mass is 260 g/mol. The number of rotatable bonds is 0. The molecule has 0 amide bonds. The average molecular weight is 260 g/mol. The molecule has 4 rings (SSSR count). The SMILES string of the molecule is Cc1cccc2c1ccc1c3c(ccc12)CCC[C@H]3C. The van der Waals surface area contributed by atoms with E-state index in [0.29, 0.717) is 5.92 Å². The van der Waals surface area contributed by atoms with Gasteiger partial charge in [0.1, 0.15) is 0 Å². The highest BCUT2D eigenvalue weighted by molar-refractivity contribution is 6.09. The van der Waals surface area contributed by atoms with E-state index < -0.39 is 0 Å². The zero-order valence-corrected chi connectivity index (χ0v) is 12.2. The maximum atomic E-state index is 2.39. The van der Waals surface area contributed by atoms with Crippen LogP contribution in [0.25, 0.3) is 21.5 Å². The van der Waals surface area contributed by atoms with Crippen molar-refractivity contribution >= 4 is 21.5 Å². The topological polar surface area (TPSA) is 0 Å². The Morgan fingerprint density at radius 3 is 2.50 bits per heavy atom. The zero-order chi connectivity index (χ0) is 13.7. The molecule has 0 radical (unpaired) electrons. The second-order valence-electron chi connectivity index (χ2n) is 6.26. The summed E-state index contributed by atoms with van der Waals surface area (Å²) in [7, 11) is 0. The molecule has 0 N–H and O–H groups in total. The van der Waals surface area contributed by atoms with Gasteiger partial charge < -0.3 is 0 Å². The Kier molecular flexibility index (Phi) is 2.60. The summed E-state index contributed by atoms with van der Waals surface area (Å²) in [5, 5.41) is 5.71. The van der Waals surface area contributed by atoms with E-state index in [4.69, 9.17) is 0 Å². The molecule has 1 aliphatic carbocycles. The average Bonchev–Trinajstić information content (AvgIpc) is 2.47. The number of hydrogen-bond acceptors (Lipinski definition) is 0. The van der Waals surface area contributed by atoms with Gasteiger partial charge in [-0.3, -0.25) is 0 Å². The van der Waals surface area contributed by atoms with E-state index in [0.717, 1.165) is 0 Å². The van der Waals surface area contributed by atoms with Crippen molar-refractivity contribution in [1.82, 2.24) is 0 Å². The third-order valence-corrected chi connectivity index (χ3v) is 4.98. The Balaban J connectivity index is 2.15. The van der Waals surface area contributed by atoms with Crippen LogP contribution in [0, 0.1) is 6.92 Å². The van der Waals surface area contributed by atoms with Crippen molar-refractivity contribution in [1.29, 1.82) is 0 Å². The van der Waals surface area contributed by atoms with Gasteiger partial charge in [-0.2, -0.15) is 0 Å². The van der Waals surface area contributed by atoms with Crippen LogP contribution in [0.3, 0.4) is 0 Å². The maximum Gasteiger partial charge on any atom is -0.0102 e. The van der Waals surface area contributed by atoms with Crippen molar-refractivity contribution in [2.75, 3.05) is 0 Å². The largest absolute Gasteiger partial charge is 0.0613 e. The number of fused-ring (bicyclic) bond motifs is 5. The minimum Gasteiger partial charge on any atom is -0.0613 e. The molecule has 3 aromatic rings. The first-order valence-corrected chi connectivity index (χ1v) is 7.69. The summed E-state index contributed by atoms with van der Waals surface area (Å²) in [5.74, 6) is 0.699. The standard InChI is InChI=1S/C20H20/c1-13-5-4-8-17-16(13)11-12-19-18(17)10-9-15-7-3-6-14(2)20(15)19/h4-5,8-12,14H,3,6-7H2,1-2H3/t14-/m1/s1. The Morgan fingerprint density at radius 1 is 0.850 bits per heavy atom. The fourth-order valence-corrected chi connectivity index (χ4v) is 3.94. The number of aryl methyl sites for hydroxylation is 2. The maximum absolute atomic E-state index is 2.39. The van der Waals surface area contributed by atoms with E-state index in [2.05, 4.69) is 56.3 Å². The Hall–Kier alpha value is -1.82. The van der Waals surface area contributed by atoms with E-state index in [9.17, 15) is 0 Å². The molecule has 0 nitrogen and oxygen atoms in total. The van der Waals surface area contributed by atoms with Crippen LogP contribution in [0.2, 0.25) is 0 Å². The lowest BCUT2D eigenvalue weighted by molar-refractivity contribution is 0.595. The zero-order valence-electron chi connectivity index (χ0n) is 12.2. The van der Waals surface area contributed by atoms with E-state index in [1.54, 1.807) is 11.1 Å². The highest BCUT2D eigenvalue weighted by Crippen LogP contribution is 2.39. The van der Waals surface area contributed by atoms with Crippen LogP contribution in [0.5, 0.6) is 0 Å². The molecule has 0 fully saturated rings. The molecule has 100 valence electrons. The normalized spacial score (nSPS) is 18.4. The molecule has 0 bridgehead atoms. The van der Waals surface area contributed by atoms with Crippen molar-refractivity contribution in [3.05, 3.63) is 59.2 Å². The van der Waals surface area contributed by atoms with E-state index in [-0.39, 0.29) is 0 Å². The van der Waals surface area contributed by atoms with Gasteiger partial charge in [-0.25, -0.2) is 0 Å². The van der Waals surface area contributed by atoms with Gasteiger partial charge in [0.25, 0.3) is 0 Å². The molecule has 1 atom stereocenters. The summed E-state index contributed by atoms with van der Waals surface area (Å²) < 4.78 is 0. The smallest absolute Gasteiger partial charge is 0.0102 e. The summed E-state index contributed by atoms with van der Waals surface area (Å²) in [4.78, 5) is 0. The molecule has 0 aromatic heterocycles. The predicted octanol–water partition coefficient (Wildman–Crippen LogP) is 5.74. The second kappa shape index (κ2) is 4.34. The van der Waals surface area contributed by atoms with Crippen molar-refractivity contribution in [2.24, 2.45) is 0 Å². The predicted molar refractivity (Wildman–Crippen MR) is 87.5 cm³/mol. The number of benzene rings is 3. The van der Waals surface area contributed by atoms with E-state index in [1.165, 1.54) is 46.4 Å². The van der Waals surface area contributed by atoms with Crippen LogP contribution in [0.1, 0.15) is 42.4 Å². The molecular formula is C20H20. The molecule has 0 aliphatic heterocycles. The second-order valence-corrected chi connectivity index (χ2v) is 6.26. The molecule has 20 heavy (non-hydrogen) atoms. The lowest BCUT2D eigenvalue weighted by atomic mass is 9.80. The van der Waals surface area contributed by atoms with Crippen LogP contribution in [0.4, 0.5) is 0 Å². The van der Waals surface area contributed by atoms with Crippen LogP contribution in [-0.4, -0.2) is 0 Å². The summed E-state index contributed by atoms with van der Waals surface area (Å²) in [6.07, 6.45) is 3.92. The van der Waals surface area contributed by atoms with Crippen molar-refractivity contribution in [2.45, 2.75) is 39.0 Å². The quantitative estimate of drug-likeness (QED) is 0.452. The first-order chi connectivity index (χ1) is 9.75. The van der Waals surface area contributed by atoms with Crippen LogP contribution in [0.15, 0.2) is 42.5 Å². The summed E-state index contributed by atoms with van der Waals surface area (Å²) in [6, 6.07) is 16.0. The van der Waals surface area contributed by atoms with Crippen molar-refractivity contribution in [3.8, 4) is 0 Å². The number of hydrogen-bond donors (Lipinski definition) is 0. The van der Waals surface area contributed by atoms with E-state index in [1.807, 2.05) is 0 Å². The van der Waals surface area contributed by atoms with Crippen molar-refractivity contribution in [3.63, 3.8) is 0 Å². The molecule has 0 saturated carbocycles. The fourth-order valence-electron chi connectivity index (χ4n) is 3.94. The van der Waals surface area contributed by atoms with Gasteiger partial charge in [0, 0.05) is 0 Å². The molecule has 0 unspecified atom stereocenters. The van der Waals surface area contributed by atoms with Crippen LogP contribution < -0.4 is 0 Å². The van der Waals surface area contributed by atoms with Crippen molar-refractivity contribution < 1.29 is 0 Å². The molecular weight excluding hydrogens is 240 g/mol. The Morgan fingerprint density at radius 2 is 1.60 bits per heavy atom. The molecule has 0 saturated heterocycles. The highest BCUT2D eigenvalue weighted by atomic mass is 14.2. The lowest BCUT2D eigenvalue weighted by Crippen LogP contribution is -2.07. The first-order valence-electron chi connectivity index (χ1n) is 7.69. The van der Waals surface area contributed by atoms with Gasteiger partial charge in [0.2, 0.25) is 0 Å². The molecule has 3 aromatic carbocycles. The summed E-state index contributed by atoms with van der Waals surface area (Å²) in [6.45, 7) is 4.59. The van der Waals surface area contributed by atoms with E-state index >= 15 is 0 Å². The van der Waals surface area contributed by atoms with Crippen LogP contribution >= 0.6 is 0 Å². The Bertz CT molecular complexity index is 811. The minimum absolute atomic E-state index is 0.699. The molecule has 0 heterocycles. The lowest BCUT2D eigenvalue weighted by Gasteiger charge is -2.24. The molecule has 0 spiro atoms. The van der Waals surface area contributed by atoms with Gasteiger partial charge in [-0.05, 0) is 70.3 Å². The summed E-state index contributed by atoms with van der Waals surface area (Å²) >= 11 is 0. The van der Waals surface area contributed by atoms with Gasteiger partial charge in [0.05, 0.1) is 0 Å². The highest BCUT2D eigenvalue weighted by Gasteiger charge is 2.19. The third-order valence-electron chi connectivity index (χ3n) is 4.98.